The summed E-state index contributed by atoms with van der Waals surface area (Å²) >= 11 is 0. The van der Waals surface area contributed by atoms with Crippen molar-refractivity contribution in [2.75, 3.05) is 11.1 Å². The number of carbonyl (C=O) groups excluding carboxylic acids is 1. The third-order valence-corrected chi connectivity index (χ3v) is 2.78. The van der Waals surface area contributed by atoms with Gasteiger partial charge in [0, 0.05) is 11.4 Å². The Bertz CT molecular complexity index is 618. The van der Waals surface area contributed by atoms with Crippen LogP contribution in [0.15, 0.2) is 36.4 Å². The van der Waals surface area contributed by atoms with Gasteiger partial charge in [0.25, 0.3) is 5.91 Å². The largest absolute Gasteiger partial charge is 0.507 e. The summed E-state index contributed by atoms with van der Waals surface area (Å²) in [5.74, 6) is -1.13. The van der Waals surface area contributed by atoms with E-state index in [4.69, 9.17) is 5.73 Å². The van der Waals surface area contributed by atoms with Crippen LogP contribution in [0.3, 0.4) is 0 Å². The zero-order chi connectivity index (χ0) is 14.0. The standard InChI is InChI=1S/C14H14N2O3/c1-8-7-9(5-6-10(8)15)16-14(19)13-11(17)3-2-4-12(13)18/h2-7,17-18H,15H2,1H3,(H,16,19). The van der Waals surface area contributed by atoms with Gasteiger partial charge in [-0.15, -0.1) is 0 Å². The number of nitrogens with two attached hydrogens (primary N) is 1. The number of aryl methyl sites for hydroxylation is 1. The van der Waals surface area contributed by atoms with Gasteiger partial charge in [-0.05, 0) is 42.8 Å². The number of nitrogens with one attached hydrogen (secondary N) is 1. The molecule has 0 aromatic heterocycles. The number of hydrogen-bond acceptors (Lipinski definition) is 4. The number of hydrogen-bond donors (Lipinski definition) is 4. The Balaban J connectivity index is 2.28. The summed E-state index contributed by atoms with van der Waals surface area (Å²) in [7, 11) is 0. The summed E-state index contributed by atoms with van der Waals surface area (Å²) in [6, 6.07) is 9.16. The lowest BCUT2D eigenvalue weighted by Crippen LogP contribution is -2.12. The third kappa shape index (κ3) is 2.60. The van der Waals surface area contributed by atoms with E-state index in [2.05, 4.69) is 5.32 Å². The first kappa shape index (κ1) is 12.8. The van der Waals surface area contributed by atoms with Gasteiger partial charge in [0.05, 0.1) is 0 Å². The Morgan fingerprint density at radius 2 is 1.79 bits per heavy atom. The molecule has 5 nitrogen and oxygen atoms in total. The van der Waals surface area contributed by atoms with Crippen LogP contribution >= 0.6 is 0 Å². The summed E-state index contributed by atoms with van der Waals surface area (Å²) in [5, 5.41) is 21.8. The number of nitrogen functional groups attached to an aromatic ring is 1. The fourth-order valence-electron chi connectivity index (χ4n) is 1.71. The Morgan fingerprint density at radius 1 is 1.16 bits per heavy atom. The van der Waals surface area contributed by atoms with Crippen molar-refractivity contribution in [2.45, 2.75) is 6.92 Å². The van der Waals surface area contributed by atoms with Crippen molar-refractivity contribution in [1.82, 2.24) is 0 Å². The van der Waals surface area contributed by atoms with Gasteiger partial charge in [-0.3, -0.25) is 4.79 Å². The predicted octanol–water partition coefficient (Wildman–Crippen LogP) is 2.24. The molecule has 1 amide bonds. The molecule has 2 aromatic rings. The molecule has 0 fully saturated rings. The molecule has 0 heterocycles. The number of rotatable bonds is 2. The molecule has 19 heavy (non-hydrogen) atoms. The van der Waals surface area contributed by atoms with Crippen molar-refractivity contribution < 1.29 is 15.0 Å². The molecule has 0 saturated carbocycles. The molecular formula is C14H14N2O3. The van der Waals surface area contributed by atoms with E-state index in [0.717, 1.165) is 5.56 Å². The molecule has 0 aliphatic heterocycles. The molecule has 0 saturated heterocycles. The molecule has 5 N–H and O–H groups in total. The van der Waals surface area contributed by atoms with Gasteiger partial charge in [-0.2, -0.15) is 0 Å². The first-order valence-corrected chi connectivity index (χ1v) is 5.67. The van der Waals surface area contributed by atoms with E-state index in [1.807, 2.05) is 6.92 Å². The lowest BCUT2D eigenvalue weighted by Gasteiger charge is -2.09. The monoisotopic (exact) mass is 258 g/mol. The van der Waals surface area contributed by atoms with Crippen molar-refractivity contribution in [3.8, 4) is 11.5 Å². The third-order valence-electron chi connectivity index (χ3n) is 2.78. The van der Waals surface area contributed by atoms with Crippen LogP contribution in [0, 0.1) is 6.92 Å². The van der Waals surface area contributed by atoms with Crippen LogP contribution in [0.25, 0.3) is 0 Å². The number of phenols is 2. The molecule has 0 bridgehead atoms. The van der Waals surface area contributed by atoms with E-state index in [1.54, 1.807) is 18.2 Å². The van der Waals surface area contributed by atoms with Gasteiger partial charge in [0.1, 0.15) is 17.1 Å². The minimum absolute atomic E-state index is 0.156. The smallest absolute Gasteiger partial charge is 0.263 e. The SMILES string of the molecule is Cc1cc(NC(=O)c2c(O)cccc2O)ccc1N. The molecule has 0 spiro atoms. The highest BCUT2D eigenvalue weighted by Crippen LogP contribution is 2.27. The Morgan fingerprint density at radius 3 is 2.37 bits per heavy atom. The number of carbonyl (C=O) groups is 1. The topological polar surface area (TPSA) is 95.6 Å². The van der Waals surface area contributed by atoms with Crippen molar-refractivity contribution >= 4 is 17.3 Å². The number of anilines is 2. The van der Waals surface area contributed by atoms with Crippen LogP contribution < -0.4 is 11.1 Å². The first-order chi connectivity index (χ1) is 8.99. The second-order valence-corrected chi connectivity index (χ2v) is 4.20. The molecule has 2 aromatic carbocycles. The minimum Gasteiger partial charge on any atom is -0.507 e. The highest BCUT2D eigenvalue weighted by atomic mass is 16.3. The Kier molecular flexibility index (Phi) is 3.29. The van der Waals surface area contributed by atoms with Gasteiger partial charge in [-0.25, -0.2) is 0 Å². The van der Waals surface area contributed by atoms with Crippen molar-refractivity contribution in [2.24, 2.45) is 0 Å². The molecule has 0 aliphatic carbocycles. The van der Waals surface area contributed by atoms with Gasteiger partial charge in [0.15, 0.2) is 0 Å². The van der Waals surface area contributed by atoms with Crippen molar-refractivity contribution in [3.63, 3.8) is 0 Å². The zero-order valence-electron chi connectivity index (χ0n) is 10.3. The van der Waals surface area contributed by atoms with Gasteiger partial charge >= 0.3 is 0 Å². The van der Waals surface area contributed by atoms with Crippen molar-refractivity contribution in [1.29, 1.82) is 0 Å². The average Bonchev–Trinajstić information content (AvgIpc) is 2.33. The quantitative estimate of drug-likeness (QED) is 0.621. The maximum absolute atomic E-state index is 12.0. The van der Waals surface area contributed by atoms with E-state index >= 15 is 0 Å². The van der Waals surface area contributed by atoms with E-state index in [0.29, 0.717) is 11.4 Å². The van der Waals surface area contributed by atoms with Crippen molar-refractivity contribution in [3.05, 3.63) is 47.5 Å². The summed E-state index contributed by atoms with van der Waals surface area (Å²) in [4.78, 5) is 12.0. The van der Waals surface area contributed by atoms with Crippen LogP contribution in [-0.2, 0) is 0 Å². The normalized spacial score (nSPS) is 10.2. The van der Waals surface area contributed by atoms with E-state index in [1.165, 1.54) is 18.2 Å². The van der Waals surface area contributed by atoms with Crippen LogP contribution in [0.1, 0.15) is 15.9 Å². The van der Waals surface area contributed by atoms with Gasteiger partial charge in [0.2, 0.25) is 0 Å². The molecule has 2 rings (SSSR count). The van der Waals surface area contributed by atoms with E-state index < -0.39 is 5.91 Å². The zero-order valence-corrected chi connectivity index (χ0v) is 10.3. The summed E-state index contributed by atoms with van der Waals surface area (Å²) in [5.41, 5.74) is 7.53. The number of amides is 1. The Hall–Kier alpha value is -2.69. The minimum atomic E-state index is -0.584. The highest BCUT2D eigenvalue weighted by Gasteiger charge is 2.16. The second-order valence-electron chi connectivity index (χ2n) is 4.20. The molecule has 0 atom stereocenters. The number of phenolic OH excluding ortho intramolecular Hbond substituents is 2. The summed E-state index contributed by atoms with van der Waals surface area (Å²) in [6.07, 6.45) is 0. The summed E-state index contributed by atoms with van der Waals surface area (Å²) < 4.78 is 0. The molecule has 0 aliphatic rings. The average molecular weight is 258 g/mol. The lowest BCUT2D eigenvalue weighted by atomic mass is 10.1. The molecule has 5 heteroatoms. The lowest BCUT2D eigenvalue weighted by molar-refractivity contribution is 0.102. The molecule has 0 unspecified atom stereocenters. The maximum atomic E-state index is 12.0. The second kappa shape index (κ2) is 4.89. The summed E-state index contributed by atoms with van der Waals surface area (Å²) in [6.45, 7) is 1.82. The molecular weight excluding hydrogens is 244 g/mol. The van der Waals surface area contributed by atoms with E-state index in [9.17, 15) is 15.0 Å². The van der Waals surface area contributed by atoms with E-state index in [-0.39, 0.29) is 17.1 Å². The van der Waals surface area contributed by atoms with Crippen LogP contribution in [-0.4, -0.2) is 16.1 Å². The van der Waals surface area contributed by atoms with Gasteiger partial charge in [-0.1, -0.05) is 6.07 Å². The molecule has 98 valence electrons. The fraction of sp³-hybridized carbons (Fsp3) is 0.0714. The molecule has 0 radical (unpaired) electrons. The van der Waals surface area contributed by atoms with Gasteiger partial charge < -0.3 is 21.3 Å². The first-order valence-electron chi connectivity index (χ1n) is 5.67. The van der Waals surface area contributed by atoms with Crippen LogP contribution in [0.4, 0.5) is 11.4 Å². The number of benzene rings is 2. The van der Waals surface area contributed by atoms with Crippen LogP contribution in [0.5, 0.6) is 11.5 Å². The predicted molar refractivity (Wildman–Crippen MR) is 73.3 cm³/mol. The van der Waals surface area contributed by atoms with Crippen LogP contribution in [0.2, 0.25) is 0 Å². The highest BCUT2D eigenvalue weighted by molar-refractivity contribution is 6.08. The maximum Gasteiger partial charge on any atom is 0.263 e. The Labute approximate surface area is 110 Å². The number of aromatic hydroxyl groups is 2. The fourth-order valence-corrected chi connectivity index (χ4v) is 1.71.